The first kappa shape index (κ1) is 21.3. The van der Waals surface area contributed by atoms with E-state index in [1.54, 1.807) is 6.07 Å². The third-order valence-electron chi connectivity index (χ3n) is 4.90. The molecule has 1 atom stereocenters. The van der Waals surface area contributed by atoms with Gasteiger partial charge >= 0.3 is 6.18 Å². The third-order valence-corrected chi connectivity index (χ3v) is 5.76. The van der Waals surface area contributed by atoms with Gasteiger partial charge in [-0.3, -0.25) is 0 Å². The maximum absolute atomic E-state index is 12.8. The Labute approximate surface area is 171 Å². The number of hydrogen-bond acceptors (Lipinski definition) is 4. The molecule has 3 rings (SSSR count). The molecule has 152 valence electrons. The van der Waals surface area contributed by atoms with Crippen molar-refractivity contribution < 1.29 is 17.9 Å². The van der Waals surface area contributed by atoms with Crippen LogP contribution in [0.1, 0.15) is 35.7 Å². The molecule has 2 aromatic rings. The molecule has 2 heterocycles. The monoisotopic (exact) mass is 433 g/mol. The van der Waals surface area contributed by atoms with Crippen LogP contribution < -0.4 is 5.32 Å². The lowest BCUT2D eigenvalue weighted by atomic mass is 9.82. The number of benzene rings is 1. The molecule has 1 saturated heterocycles. The summed E-state index contributed by atoms with van der Waals surface area (Å²) in [5.74, 6) is -0.874. The standard InChI is InChI=1S/C19H20Cl2F3N3O/c20-16-3-1-2-13(17(16)21)8-25-11-15(12-4-6-28-7-5-12)14-9-26-18(27-10-14)19(22,23)24/h1-3,9-10,12,15,25H,4-8,11H2. The van der Waals surface area contributed by atoms with Crippen LogP contribution in [0.5, 0.6) is 0 Å². The summed E-state index contributed by atoms with van der Waals surface area (Å²) in [6.45, 7) is 2.34. The quantitative estimate of drug-likeness (QED) is 0.687. The summed E-state index contributed by atoms with van der Waals surface area (Å²) >= 11 is 12.3. The van der Waals surface area contributed by atoms with Gasteiger partial charge in [0.1, 0.15) is 0 Å². The number of rotatable bonds is 6. The molecule has 1 aliphatic rings. The normalized spacial score (nSPS) is 16.9. The lowest BCUT2D eigenvalue weighted by Crippen LogP contribution is -2.30. The lowest BCUT2D eigenvalue weighted by molar-refractivity contribution is -0.145. The van der Waals surface area contributed by atoms with Crippen LogP contribution in [0.2, 0.25) is 10.0 Å². The highest BCUT2D eigenvalue weighted by molar-refractivity contribution is 6.42. The Balaban J connectivity index is 1.72. The topological polar surface area (TPSA) is 47.0 Å². The number of aromatic nitrogens is 2. The summed E-state index contributed by atoms with van der Waals surface area (Å²) in [6.07, 6.45) is -0.307. The van der Waals surface area contributed by atoms with E-state index >= 15 is 0 Å². The zero-order valence-corrected chi connectivity index (χ0v) is 16.5. The molecule has 28 heavy (non-hydrogen) atoms. The van der Waals surface area contributed by atoms with Crippen molar-refractivity contribution in [1.29, 1.82) is 0 Å². The van der Waals surface area contributed by atoms with Crippen LogP contribution in [0.3, 0.4) is 0 Å². The second-order valence-corrected chi connectivity index (χ2v) is 7.52. The Morgan fingerprint density at radius 1 is 1.14 bits per heavy atom. The number of nitrogens with one attached hydrogen (secondary N) is 1. The van der Waals surface area contributed by atoms with Crippen LogP contribution in [0, 0.1) is 5.92 Å². The minimum Gasteiger partial charge on any atom is -0.381 e. The summed E-state index contributed by atoms with van der Waals surface area (Å²) in [5, 5.41) is 4.33. The van der Waals surface area contributed by atoms with Crippen LogP contribution in [0.15, 0.2) is 30.6 Å². The zero-order chi connectivity index (χ0) is 20.1. The number of ether oxygens (including phenoxy) is 1. The molecule has 1 N–H and O–H groups in total. The van der Waals surface area contributed by atoms with Gasteiger partial charge in [-0.15, -0.1) is 0 Å². The summed E-state index contributed by atoms with van der Waals surface area (Å²) in [5.41, 5.74) is 1.55. The summed E-state index contributed by atoms with van der Waals surface area (Å²) in [4.78, 5) is 7.05. The Bertz CT molecular complexity index is 781. The van der Waals surface area contributed by atoms with Crippen molar-refractivity contribution in [2.45, 2.75) is 31.5 Å². The molecule has 1 aliphatic heterocycles. The van der Waals surface area contributed by atoms with Crippen molar-refractivity contribution >= 4 is 23.2 Å². The summed E-state index contributed by atoms with van der Waals surface area (Å²) in [7, 11) is 0. The molecule has 0 bridgehead atoms. The first-order chi connectivity index (χ1) is 13.4. The Morgan fingerprint density at radius 3 is 2.46 bits per heavy atom. The van der Waals surface area contributed by atoms with Crippen LogP contribution in [0.4, 0.5) is 13.2 Å². The van der Waals surface area contributed by atoms with E-state index in [9.17, 15) is 13.2 Å². The van der Waals surface area contributed by atoms with Gasteiger partial charge in [-0.2, -0.15) is 13.2 Å². The highest BCUT2D eigenvalue weighted by Crippen LogP contribution is 2.33. The van der Waals surface area contributed by atoms with E-state index in [4.69, 9.17) is 27.9 Å². The van der Waals surface area contributed by atoms with E-state index in [-0.39, 0.29) is 11.8 Å². The maximum atomic E-state index is 12.8. The molecule has 0 radical (unpaired) electrons. The molecule has 0 amide bonds. The van der Waals surface area contributed by atoms with Crippen molar-refractivity contribution in [2.75, 3.05) is 19.8 Å². The predicted octanol–water partition coefficient (Wildman–Crippen LogP) is 5.10. The minimum atomic E-state index is -4.55. The molecule has 0 aliphatic carbocycles. The van der Waals surface area contributed by atoms with Crippen molar-refractivity contribution in [3.63, 3.8) is 0 Å². The molecular weight excluding hydrogens is 414 g/mol. The van der Waals surface area contributed by atoms with Crippen molar-refractivity contribution in [2.24, 2.45) is 5.92 Å². The van der Waals surface area contributed by atoms with E-state index in [1.165, 1.54) is 12.4 Å². The first-order valence-electron chi connectivity index (χ1n) is 8.96. The average molecular weight is 434 g/mol. The fraction of sp³-hybridized carbons (Fsp3) is 0.474. The molecule has 1 aromatic heterocycles. The predicted molar refractivity (Wildman–Crippen MR) is 101 cm³/mol. The molecular formula is C19H20Cl2F3N3O. The van der Waals surface area contributed by atoms with Crippen molar-refractivity contribution in [1.82, 2.24) is 15.3 Å². The number of hydrogen-bond donors (Lipinski definition) is 1. The first-order valence-corrected chi connectivity index (χ1v) is 9.72. The van der Waals surface area contributed by atoms with E-state index < -0.39 is 12.0 Å². The summed E-state index contributed by atoms with van der Waals surface area (Å²) in [6, 6.07) is 5.43. The van der Waals surface area contributed by atoms with E-state index in [1.807, 2.05) is 12.1 Å². The molecule has 1 unspecified atom stereocenters. The average Bonchev–Trinajstić information content (AvgIpc) is 2.68. The largest absolute Gasteiger partial charge is 0.451 e. The van der Waals surface area contributed by atoms with Crippen LogP contribution in [-0.4, -0.2) is 29.7 Å². The fourth-order valence-corrected chi connectivity index (χ4v) is 3.78. The number of nitrogens with zero attached hydrogens (tertiary/aromatic N) is 2. The Hall–Kier alpha value is -1.41. The highest BCUT2D eigenvalue weighted by Gasteiger charge is 2.35. The number of alkyl halides is 3. The molecule has 0 saturated carbocycles. The zero-order valence-electron chi connectivity index (χ0n) is 15.0. The van der Waals surface area contributed by atoms with Crippen LogP contribution in [0.25, 0.3) is 0 Å². The van der Waals surface area contributed by atoms with Gasteiger partial charge in [0.2, 0.25) is 5.82 Å². The van der Waals surface area contributed by atoms with Gasteiger partial charge < -0.3 is 10.1 Å². The second-order valence-electron chi connectivity index (χ2n) is 6.74. The van der Waals surface area contributed by atoms with Crippen molar-refractivity contribution in [3.05, 3.63) is 57.6 Å². The molecule has 1 aromatic carbocycles. The Kier molecular flexibility index (Phi) is 7.15. The fourth-order valence-electron chi connectivity index (χ4n) is 3.40. The van der Waals surface area contributed by atoms with Gasteiger partial charge in [0.15, 0.2) is 0 Å². The smallest absolute Gasteiger partial charge is 0.381 e. The second kappa shape index (κ2) is 9.39. The van der Waals surface area contributed by atoms with Gasteiger partial charge in [-0.25, -0.2) is 9.97 Å². The molecule has 4 nitrogen and oxygen atoms in total. The lowest BCUT2D eigenvalue weighted by Gasteiger charge is -2.30. The molecule has 9 heteroatoms. The third kappa shape index (κ3) is 5.35. The van der Waals surface area contributed by atoms with Crippen LogP contribution >= 0.6 is 23.2 Å². The number of halogens is 5. The maximum Gasteiger partial charge on any atom is 0.451 e. The highest BCUT2D eigenvalue weighted by atomic mass is 35.5. The van der Waals surface area contributed by atoms with Crippen LogP contribution in [-0.2, 0) is 17.5 Å². The van der Waals surface area contributed by atoms with Gasteiger partial charge in [0, 0.05) is 44.6 Å². The van der Waals surface area contributed by atoms with Gasteiger partial charge in [-0.05, 0) is 36.0 Å². The van der Waals surface area contributed by atoms with E-state index in [0.717, 1.165) is 18.4 Å². The minimum absolute atomic E-state index is 0.0239. The van der Waals surface area contributed by atoms with Gasteiger partial charge in [0.25, 0.3) is 0 Å². The van der Waals surface area contributed by atoms with Gasteiger partial charge in [0.05, 0.1) is 10.0 Å². The summed E-state index contributed by atoms with van der Waals surface area (Å²) < 4.78 is 43.7. The molecule has 1 fully saturated rings. The SMILES string of the molecule is FC(F)(F)c1ncc(C(CNCc2cccc(Cl)c2Cl)C2CCOCC2)cn1. The van der Waals surface area contributed by atoms with Crippen molar-refractivity contribution in [3.8, 4) is 0 Å². The van der Waals surface area contributed by atoms with E-state index in [2.05, 4.69) is 15.3 Å². The Morgan fingerprint density at radius 2 is 1.82 bits per heavy atom. The van der Waals surface area contributed by atoms with Gasteiger partial charge in [-0.1, -0.05) is 35.3 Å². The van der Waals surface area contributed by atoms with E-state index in [0.29, 0.717) is 41.9 Å². The molecule has 0 spiro atoms.